The van der Waals surface area contributed by atoms with Gasteiger partial charge >= 0.3 is 0 Å². The molecule has 1 aliphatic heterocycles. The Morgan fingerprint density at radius 2 is 2.40 bits per heavy atom. The zero-order valence-corrected chi connectivity index (χ0v) is 13.0. The van der Waals surface area contributed by atoms with Crippen molar-refractivity contribution in [2.45, 2.75) is 30.3 Å². The van der Waals surface area contributed by atoms with Gasteiger partial charge < -0.3 is 5.32 Å². The van der Waals surface area contributed by atoms with E-state index in [1.54, 1.807) is 0 Å². The van der Waals surface area contributed by atoms with Crippen LogP contribution >= 0.6 is 23.4 Å². The van der Waals surface area contributed by atoms with Crippen molar-refractivity contribution in [2.24, 2.45) is 7.05 Å². The molecular formula is C15H18ClN3S. The van der Waals surface area contributed by atoms with E-state index >= 15 is 0 Å². The van der Waals surface area contributed by atoms with E-state index < -0.39 is 0 Å². The molecule has 0 amide bonds. The van der Waals surface area contributed by atoms with Crippen molar-refractivity contribution in [1.82, 2.24) is 15.1 Å². The molecule has 0 unspecified atom stereocenters. The van der Waals surface area contributed by atoms with Gasteiger partial charge in [-0.3, -0.25) is 4.68 Å². The van der Waals surface area contributed by atoms with Gasteiger partial charge in [0.25, 0.3) is 0 Å². The van der Waals surface area contributed by atoms with Gasteiger partial charge in [0, 0.05) is 41.3 Å². The van der Waals surface area contributed by atoms with Crippen LogP contribution in [0.4, 0.5) is 0 Å². The molecule has 1 aliphatic rings. The maximum Gasteiger partial charge on any atom is 0.0534 e. The second-order valence-corrected chi connectivity index (χ2v) is 6.70. The van der Waals surface area contributed by atoms with Gasteiger partial charge in [-0.2, -0.15) is 5.10 Å². The zero-order chi connectivity index (χ0) is 13.9. The molecule has 3 nitrogen and oxygen atoms in total. The summed E-state index contributed by atoms with van der Waals surface area (Å²) in [4.78, 5) is 1.36. The number of aromatic nitrogens is 2. The first-order chi connectivity index (χ1) is 9.72. The third-order valence-electron chi connectivity index (χ3n) is 3.55. The SMILES string of the molecule is Cn1cc(CN[C@H]2CCCSc3ccc(Cl)cc32)cn1. The lowest BCUT2D eigenvalue weighted by Gasteiger charge is -2.19. The van der Waals surface area contributed by atoms with E-state index in [0.717, 1.165) is 18.0 Å². The average molecular weight is 308 g/mol. The summed E-state index contributed by atoms with van der Waals surface area (Å²) in [6.45, 7) is 0.842. The van der Waals surface area contributed by atoms with Crippen LogP contribution in [0.1, 0.15) is 30.0 Å². The van der Waals surface area contributed by atoms with E-state index in [0.29, 0.717) is 6.04 Å². The second-order valence-electron chi connectivity index (χ2n) is 5.13. The fourth-order valence-corrected chi connectivity index (χ4v) is 3.81. The lowest BCUT2D eigenvalue weighted by Crippen LogP contribution is -2.20. The molecule has 1 N–H and O–H groups in total. The van der Waals surface area contributed by atoms with Crippen molar-refractivity contribution in [3.05, 3.63) is 46.7 Å². The molecule has 0 saturated carbocycles. The molecule has 1 atom stereocenters. The minimum absolute atomic E-state index is 0.374. The molecule has 20 heavy (non-hydrogen) atoms. The number of fused-ring (bicyclic) bond motifs is 1. The van der Waals surface area contributed by atoms with Gasteiger partial charge in [0.15, 0.2) is 0 Å². The van der Waals surface area contributed by atoms with Gasteiger partial charge in [0.2, 0.25) is 0 Å². The van der Waals surface area contributed by atoms with Gasteiger partial charge in [-0.25, -0.2) is 0 Å². The molecule has 1 aromatic heterocycles. The largest absolute Gasteiger partial charge is 0.306 e. The van der Waals surface area contributed by atoms with E-state index in [-0.39, 0.29) is 0 Å². The number of nitrogens with one attached hydrogen (secondary N) is 1. The molecule has 2 heterocycles. The number of hydrogen-bond acceptors (Lipinski definition) is 3. The highest BCUT2D eigenvalue weighted by molar-refractivity contribution is 7.99. The average Bonchev–Trinajstić information content (AvgIpc) is 2.74. The summed E-state index contributed by atoms with van der Waals surface area (Å²) in [5.74, 6) is 1.18. The Hall–Kier alpha value is -0.970. The third-order valence-corrected chi connectivity index (χ3v) is 4.96. The van der Waals surface area contributed by atoms with Crippen LogP contribution < -0.4 is 5.32 Å². The van der Waals surface area contributed by atoms with Gasteiger partial charge in [0.05, 0.1) is 6.20 Å². The third kappa shape index (κ3) is 3.19. The van der Waals surface area contributed by atoms with E-state index in [2.05, 4.69) is 28.7 Å². The van der Waals surface area contributed by atoms with Crippen LogP contribution in [-0.2, 0) is 13.6 Å². The lowest BCUT2D eigenvalue weighted by atomic mass is 10.0. The maximum atomic E-state index is 6.17. The topological polar surface area (TPSA) is 29.9 Å². The van der Waals surface area contributed by atoms with Crippen LogP contribution in [0, 0.1) is 0 Å². The van der Waals surface area contributed by atoms with Crippen molar-refractivity contribution in [2.75, 3.05) is 5.75 Å². The summed E-state index contributed by atoms with van der Waals surface area (Å²) in [6.07, 6.45) is 6.34. The first-order valence-electron chi connectivity index (χ1n) is 6.85. The minimum Gasteiger partial charge on any atom is -0.306 e. The standard InChI is InChI=1S/C15H18ClN3S/c1-19-10-11(9-18-19)8-17-14-3-2-6-20-15-5-4-12(16)7-13(14)15/h4-5,7,9-10,14,17H,2-3,6,8H2,1H3/t14-/m0/s1. The quantitative estimate of drug-likeness (QED) is 0.935. The fourth-order valence-electron chi connectivity index (χ4n) is 2.56. The Bertz CT molecular complexity index is 597. The summed E-state index contributed by atoms with van der Waals surface area (Å²) in [5.41, 5.74) is 2.55. The van der Waals surface area contributed by atoms with Crippen molar-refractivity contribution in [3.8, 4) is 0 Å². The molecule has 0 radical (unpaired) electrons. The Labute approximate surface area is 128 Å². The molecule has 1 aromatic carbocycles. The molecule has 0 aliphatic carbocycles. The van der Waals surface area contributed by atoms with Crippen molar-refractivity contribution < 1.29 is 0 Å². The molecule has 0 fully saturated rings. The summed E-state index contributed by atoms with van der Waals surface area (Å²) in [6, 6.07) is 6.61. The Kier molecular flexibility index (Phi) is 4.34. The lowest BCUT2D eigenvalue weighted by molar-refractivity contribution is 0.492. The smallest absolute Gasteiger partial charge is 0.0534 e. The van der Waals surface area contributed by atoms with Crippen molar-refractivity contribution in [3.63, 3.8) is 0 Å². The van der Waals surface area contributed by atoms with Gasteiger partial charge in [-0.15, -0.1) is 11.8 Å². The normalized spacial score (nSPS) is 18.6. The number of halogens is 1. The summed E-state index contributed by atoms with van der Waals surface area (Å²) in [7, 11) is 1.95. The molecule has 2 aromatic rings. The highest BCUT2D eigenvalue weighted by Gasteiger charge is 2.19. The molecule has 106 valence electrons. The monoisotopic (exact) mass is 307 g/mol. The first-order valence-corrected chi connectivity index (χ1v) is 8.22. The van der Waals surface area contributed by atoms with E-state index in [1.165, 1.54) is 28.2 Å². The molecular weight excluding hydrogens is 290 g/mol. The summed E-state index contributed by atoms with van der Waals surface area (Å²) < 4.78 is 1.84. The fraction of sp³-hybridized carbons (Fsp3) is 0.400. The van der Waals surface area contributed by atoms with Crippen LogP contribution in [0.2, 0.25) is 5.02 Å². The summed E-state index contributed by atoms with van der Waals surface area (Å²) in [5, 5.41) is 8.68. The van der Waals surface area contributed by atoms with E-state index in [1.807, 2.05) is 35.8 Å². The van der Waals surface area contributed by atoms with Crippen LogP contribution in [0.5, 0.6) is 0 Å². The van der Waals surface area contributed by atoms with Crippen LogP contribution in [-0.4, -0.2) is 15.5 Å². The highest BCUT2D eigenvalue weighted by atomic mass is 35.5. The zero-order valence-electron chi connectivity index (χ0n) is 11.5. The van der Waals surface area contributed by atoms with Crippen LogP contribution in [0.3, 0.4) is 0 Å². The molecule has 0 saturated heterocycles. The van der Waals surface area contributed by atoms with Gasteiger partial charge in [-0.1, -0.05) is 11.6 Å². The molecule has 0 bridgehead atoms. The molecule has 5 heteroatoms. The number of aryl methyl sites for hydroxylation is 1. The number of rotatable bonds is 3. The van der Waals surface area contributed by atoms with Crippen molar-refractivity contribution >= 4 is 23.4 Å². The number of thioether (sulfide) groups is 1. The van der Waals surface area contributed by atoms with E-state index in [4.69, 9.17) is 11.6 Å². The maximum absolute atomic E-state index is 6.17. The summed E-state index contributed by atoms with van der Waals surface area (Å²) >= 11 is 8.10. The number of benzene rings is 1. The second kappa shape index (κ2) is 6.20. The van der Waals surface area contributed by atoms with Gasteiger partial charge in [0.1, 0.15) is 0 Å². The predicted octanol–water partition coefficient (Wildman–Crippen LogP) is 3.79. The molecule has 0 spiro atoms. The molecule has 3 rings (SSSR count). The van der Waals surface area contributed by atoms with Crippen LogP contribution in [0.15, 0.2) is 35.5 Å². The van der Waals surface area contributed by atoms with E-state index in [9.17, 15) is 0 Å². The first kappa shape index (κ1) is 14.0. The Morgan fingerprint density at radius 3 is 3.20 bits per heavy atom. The number of nitrogens with zero attached hydrogens (tertiary/aromatic N) is 2. The Morgan fingerprint density at radius 1 is 1.50 bits per heavy atom. The van der Waals surface area contributed by atoms with Crippen LogP contribution in [0.25, 0.3) is 0 Å². The Balaban J connectivity index is 1.77. The van der Waals surface area contributed by atoms with Crippen molar-refractivity contribution in [1.29, 1.82) is 0 Å². The predicted molar refractivity (Wildman–Crippen MR) is 84.2 cm³/mol. The highest BCUT2D eigenvalue weighted by Crippen LogP contribution is 2.36. The number of hydrogen-bond donors (Lipinski definition) is 1. The van der Waals surface area contributed by atoms with Gasteiger partial charge in [-0.05, 0) is 42.4 Å². The minimum atomic E-state index is 0.374.